The summed E-state index contributed by atoms with van der Waals surface area (Å²) in [7, 11) is 0. The summed E-state index contributed by atoms with van der Waals surface area (Å²) in [5.41, 5.74) is -1.36. The largest absolute Gasteiger partial charge is 0.491 e. The standard InChI is InChI=1S/C47H62ClN7O10/c1-9-28-21-47(28,42(58)59)53-40(56)34-19-30(22-55(34)41(57)39(45(4,5)6)52-44(60)65-29-17-26-16-27(26)18-29)64-36-20-32(33-23-63-43(51-33)49-25(2)3)50-38-31(36)10-11-35(37(38)48)62-15-13-54-12-14-61-24-46(54,7)8/h9-11,20,23,25-30,34,39H,1,12-19,21-22,24H2,2-8H3,(H,49,51)(H,52,60)(H,53,56)(H,58,59)/t26-,27+,28-,29?,30-,34+,39?,47-/m1/s1. The highest BCUT2D eigenvalue weighted by Crippen LogP contribution is 2.52. The number of carboxylic acid groups (broad SMARTS) is 1. The van der Waals surface area contributed by atoms with E-state index < -0.39 is 58.9 Å². The maximum atomic E-state index is 14.8. The van der Waals surface area contributed by atoms with Gasteiger partial charge in [-0.2, -0.15) is 4.98 Å². The molecule has 4 N–H and O–H groups in total. The summed E-state index contributed by atoms with van der Waals surface area (Å²) in [5.74, 6) is -0.932. The second-order valence-electron chi connectivity index (χ2n) is 20.3. The van der Waals surface area contributed by atoms with Gasteiger partial charge >= 0.3 is 12.1 Å². The third-order valence-electron chi connectivity index (χ3n) is 13.5. The molecule has 2 aliphatic heterocycles. The van der Waals surface area contributed by atoms with Crippen molar-refractivity contribution in [3.05, 3.63) is 42.1 Å². The number of morpholine rings is 1. The molecule has 0 spiro atoms. The van der Waals surface area contributed by atoms with E-state index in [1.54, 1.807) is 18.2 Å². The van der Waals surface area contributed by atoms with Crippen molar-refractivity contribution in [2.75, 3.05) is 44.8 Å². The first-order valence-electron chi connectivity index (χ1n) is 22.7. The number of ether oxygens (including phenoxy) is 4. The van der Waals surface area contributed by atoms with Gasteiger partial charge in [0.25, 0.3) is 6.01 Å². The van der Waals surface area contributed by atoms with Crippen LogP contribution >= 0.6 is 11.6 Å². The molecule has 1 aromatic carbocycles. The molecule has 17 nitrogen and oxygen atoms in total. The predicted molar refractivity (Wildman–Crippen MR) is 242 cm³/mol. The number of anilines is 1. The predicted octanol–water partition coefficient (Wildman–Crippen LogP) is 6.29. The van der Waals surface area contributed by atoms with E-state index in [2.05, 4.69) is 46.3 Å². The number of halogens is 1. The number of aromatic nitrogens is 2. The average molecular weight is 921 g/mol. The van der Waals surface area contributed by atoms with Gasteiger partial charge in [-0.3, -0.25) is 14.5 Å². The summed E-state index contributed by atoms with van der Waals surface area (Å²) in [6.07, 6.45) is 4.22. The molecule has 5 aliphatic rings. The molecule has 2 unspecified atom stereocenters. The fourth-order valence-corrected chi connectivity index (χ4v) is 9.83. The minimum Gasteiger partial charge on any atom is -0.491 e. The molecular formula is C47H62ClN7O10. The highest BCUT2D eigenvalue weighted by Gasteiger charge is 2.61. The fraction of sp³-hybridized carbons (Fsp3) is 0.617. The summed E-state index contributed by atoms with van der Waals surface area (Å²) in [6, 6.07) is 3.35. The molecule has 8 rings (SSSR count). The number of alkyl carbamates (subject to hydrolysis) is 1. The Morgan fingerprint density at radius 3 is 2.48 bits per heavy atom. The second kappa shape index (κ2) is 17.9. The Balaban J connectivity index is 1.09. The van der Waals surface area contributed by atoms with Crippen LogP contribution in [0.1, 0.15) is 80.6 Å². The van der Waals surface area contributed by atoms with Gasteiger partial charge in [0.15, 0.2) is 0 Å². The van der Waals surface area contributed by atoms with Crippen LogP contribution in [0.5, 0.6) is 11.5 Å². The van der Waals surface area contributed by atoms with E-state index in [0.717, 1.165) is 25.8 Å². The highest BCUT2D eigenvalue weighted by molar-refractivity contribution is 6.36. The minimum atomic E-state index is -1.55. The number of likely N-dealkylation sites (tertiary alicyclic amines) is 1. The third-order valence-corrected chi connectivity index (χ3v) is 13.8. The molecule has 4 heterocycles. The molecule has 2 saturated heterocycles. The van der Waals surface area contributed by atoms with Gasteiger partial charge in [-0.05, 0) is 82.8 Å². The first kappa shape index (κ1) is 46.4. The molecule has 0 radical (unpaired) electrons. The zero-order valence-electron chi connectivity index (χ0n) is 38.3. The average Bonchev–Trinajstić information content (AvgIpc) is 3.91. The Bertz CT molecular complexity index is 2320. The number of aliphatic carboxylic acids is 1. The molecule has 8 atom stereocenters. The van der Waals surface area contributed by atoms with Crippen molar-refractivity contribution < 1.29 is 47.6 Å². The summed E-state index contributed by atoms with van der Waals surface area (Å²) < 4.78 is 30.3. The summed E-state index contributed by atoms with van der Waals surface area (Å²) in [4.78, 5) is 68.3. The van der Waals surface area contributed by atoms with Gasteiger partial charge in [-0.15, -0.1) is 6.58 Å². The normalized spacial score (nSPS) is 27.4. The van der Waals surface area contributed by atoms with Gasteiger partial charge in [0, 0.05) is 48.5 Å². The van der Waals surface area contributed by atoms with E-state index in [-0.39, 0.29) is 42.1 Å². The number of fused-ring (bicyclic) bond motifs is 2. The number of pyridine rings is 1. The molecular weight excluding hydrogens is 858 g/mol. The molecule has 352 valence electrons. The van der Waals surface area contributed by atoms with Crippen molar-refractivity contribution >= 4 is 52.4 Å². The Labute approximate surface area is 384 Å². The van der Waals surface area contributed by atoms with Crippen LogP contribution < -0.4 is 25.4 Å². The Morgan fingerprint density at radius 1 is 1.06 bits per heavy atom. The van der Waals surface area contributed by atoms with Crippen molar-refractivity contribution in [2.45, 2.75) is 122 Å². The van der Waals surface area contributed by atoms with Gasteiger partial charge in [0.2, 0.25) is 11.8 Å². The topological polar surface area (TPSA) is 207 Å². The molecule has 3 aliphatic carbocycles. The second-order valence-corrected chi connectivity index (χ2v) is 20.7. The van der Waals surface area contributed by atoms with Crippen molar-refractivity contribution in [3.63, 3.8) is 0 Å². The molecule has 3 aromatic rings. The van der Waals surface area contributed by atoms with Crippen LogP contribution in [0.15, 0.2) is 41.5 Å². The van der Waals surface area contributed by atoms with Gasteiger partial charge in [0.1, 0.15) is 64.9 Å². The Morgan fingerprint density at radius 2 is 1.82 bits per heavy atom. The quantitative estimate of drug-likeness (QED) is 0.117. The van der Waals surface area contributed by atoms with Gasteiger partial charge in [-0.25, -0.2) is 14.6 Å². The molecule has 65 heavy (non-hydrogen) atoms. The van der Waals surface area contributed by atoms with Crippen molar-refractivity contribution in [2.24, 2.45) is 23.2 Å². The monoisotopic (exact) mass is 919 g/mol. The number of hydrogen-bond donors (Lipinski definition) is 4. The van der Waals surface area contributed by atoms with E-state index >= 15 is 0 Å². The lowest BCUT2D eigenvalue weighted by atomic mass is 9.85. The van der Waals surface area contributed by atoms with Crippen LogP contribution in [-0.2, 0) is 23.9 Å². The Hall–Kier alpha value is -5.13. The first-order valence-corrected chi connectivity index (χ1v) is 23.1. The molecule has 5 fully saturated rings. The fourth-order valence-electron chi connectivity index (χ4n) is 9.57. The minimum absolute atomic E-state index is 0.00340. The van der Waals surface area contributed by atoms with Crippen LogP contribution in [0.2, 0.25) is 5.02 Å². The van der Waals surface area contributed by atoms with Crippen molar-refractivity contribution in [1.82, 2.24) is 30.4 Å². The van der Waals surface area contributed by atoms with Crippen LogP contribution in [0.4, 0.5) is 10.8 Å². The van der Waals surface area contributed by atoms with E-state index in [4.69, 9.17) is 39.9 Å². The summed E-state index contributed by atoms with van der Waals surface area (Å²) in [6.45, 7) is 20.4. The number of rotatable bonds is 16. The lowest BCUT2D eigenvalue weighted by Gasteiger charge is -2.41. The number of benzene rings is 1. The number of oxazole rings is 1. The lowest BCUT2D eigenvalue weighted by molar-refractivity contribution is -0.146. The van der Waals surface area contributed by atoms with E-state index in [9.17, 15) is 24.3 Å². The number of nitrogens with zero attached hydrogens (tertiary/aromatic N) is 4. The number of nitrogens with one attached hydrogen (secondary N) is 3. The van der Waals surface area contributed by atoms with Crippen molar-refractivity contribution in [1.29, 1.82) is 0 Å². The maximum Gasteiger partial charge on any atom is 0.408 e. The smallest absolute Gasteiger partial charge is 0.408 e. The Kier molecular flexibility index (Phi) is 12.8. The molecule has 18 heteroatoms. The van der Waals surface area contributed by atoms with E-state index in [0.29, 0.717) is 78.0 Å². The highest BCUT2D eigenvalue weighted by atomic mass is 35.5. The number of carbonyl (C=O) groups excluding carboxylic acids is 3. The number of carbonyl (C=O) groups is 4. The molecule has 2 aromatic heterocycles. The van der Waals surface area contributed by atoms with E-state index in [1.165, 1.54) is 17.2 Å². The summed E-state index contributed by atoms with van der Waals surface area (Å²) in [5, 5.41) is 19.7. The maximum absolute atomic E-state index is 14.8. The molecule has 3 saturated carbocycles. The third kappa shape index (κ3) is 9.87. The van der Waals surface area contributed by atoms with E-state index in [1.807, 2.05) is 34.6 Å². The zero-order chi connectivity index (χ0) is 46.6. The summed E-state index contributed by atoms with van der Waals surface area (Å²) >= 11 is 7.13. The van der Waals surface area contributed by atoms with Crippen molar-refractivity contribution in [3.8, 4) is 22.9 Å². The molecule has 0 bridgehead atoms. The zero-order valence-corrected chi connectivity index (χ0v) is 39.0. The number of amides is 3. The van der Waals surface area contributed by atoms with Gasteiger partial charge in [-0.1, -0.05) is 38.4 Å². The van der Waals surface area contributed by atoms with Gasteiger partial charge in [0.05, 0.1) is 31.0 Å². The number of carboxylic acids is 1. The number of hydrogen-bond acceptors (Lipinski definition) is 13. The lowest BCUT2D eigenvalue weighted by Crippen LogP contribution is -2.59. The van der Waals surface area contributed by atoms with Crippen LogP contribution in [0.25, 0.3) is 22.3 Å². The van der Waals surface area contributed by atoms with Crippen LogP contribution in [0.3, 0.4) is 0 Å². The SMILES string of the molecule is C=C[C@@H]1C[C@]1(NC(=O)[C@@H]1C[C@@H](Oc2cc(-c3coc(NC(C)C)n3)nc3c(Cl)c(OCCN4CCOCC4(C)C)ccc23)CN1C(=O)C(NC(=O)OC1C[C@@H]2C[C@@H]2C1)C(C)(C)C)C(=O)O. The molecule has 3 amide bonds. The van der Waals surface area contributed by atoms with Gasteiger partial charge < -0.3 is 49.3 Å². The first-order chi connectivity index (χ1) is 30.8. The van der Waals surface area contributed by atoms with Crippen LogP contribution in [0, 0.1) is 23.2 Å². The van der Waals surface area contributed by atoms with Crippen LogP contribution in [-0.4, -0.2) is 130 Å².